The summed E-state index contributed by atoms with van der Waals surface area (Å²) in [4.78, 5) is 12.2. The molecule has 5 nitrogen and oxygen atoms in total. The van der Waals surface area contributed by atoms with E-state index in [1.54, 1.807) is 30.3 Å². The van der Waals surface area contributed by atoms with Gasteiger partial charge in [-0.15, -0.1) is 6.42 Å². The molecule has 0 atom stereocenters. The number of carbonyl (C=O) groups is 1. The number of halogens is 1. The van der Waals surface area contributed by atoms with Gasteiger partial charge in [-0.2, -0.15) is 5.10 Å². The lowest BCUT2D eigenvalue weighted by Crippen LogP contribution is -2.17. The van der Waals surface area contributed by atoms with Crippen molar-refractivity contribution in [3.05, 3.63) is 58.1 Å². The Morgan fingerprint density at radius 2 is 2.04 bits per heavy atom. The van der Waals surface area contributed by atoms with Crippen LogP contribution in [-0.2, 0) is 0 Å². The van der Waals surface area contributed by atoms with Crippen LogP contribution in [0.2, 0.25) is 0 Å². The molecule has 0 unspecified atom stereocenters. The Morgan fingerprint density at radius 3 is 2.73 bits per heavy atom. The quantitative estimate of drug-likeness (QED) is 0.403. The molecule has 0 aliphatic rings. The van der Waals surface area contributed by atoms with Crippen LogP contribution in [0.1, 0.15) is 29.3 Å². The van der Waals surface area contributed by atoms with Gasteiger partial charge in [-0.05, 0) is 48.9 Å². The van der Waals surface area contributed by atoms with Crippen molar-refractivity contribution < 1.29 is 14.3 Å². The molecular weight excluding hydrogens is 396 g/mol. The summed E-state index contributed by atoms with van der Waals surface area (Å²) < 4.78 is 11.8. The first-order valence-electron chi connectivity index (χ1n) is 8.06. The average molecular weight is 415 g/mol. The minimum absolute atomic E-state index is 0.154. The third-order valence-electron chi connectivity index (χ3n) is 3.24. The fraction of sp³-hybridized carbons (Fsp3) is 0.200. The number of hydrogen-bond acceptors (Lipinski definition) is 4. The predicted molar refractivity (Wildman–Crippen MR) is 106 cm³/mol. The number of nitrogens with zero attached hydrogens (tertiary/aromatic N) is 1. The standard InChI is InChI=1S/C20H19BrN2O3/c1-3-11-25-18-8-5-15(6-9-18)20(24)23-22-14-16-13-17(21)7-10-19(16)26-12-4-2/h2,5-10,13-14H,3,11-12H2,1H3,(H,23,24)/b22-14-. The van der Waals surface area contributed by atoms with Crippen LogP contribution in [0.5, 0.6) is 11.5 Å². The van der Waals surface area contributed by atoms with Crippen LogP contribution in [-0.4, -0.2) is 25.3 Å². The van der Waals surface area contributed by atoms with Crippen LogP contribution < -0.4 is 14.9 Å². The van der Waals surface area contributed by atoms with Crippen molar-refractivity contribution in [1.82, 2.24) is 5.43 Å². The Morgan fingerprint density at radius 1 is 1.27 bits per heavy atom. The summed E-state index contributed by atoms with van der Waals surface area (Å²) in [6.07, 6.45) is 7.65. The van der Waals surface area contributed by atoms with Crippen LogP contribution in [0, 0.1) is 12.3 Å². The van der Waals surface area contributed by atoms with E-state index in [1.165, 1.54) is 6.21 Å². The molecule has 2 aromatic rings. The first kappa shape index (κ1) is 19.5. The molecule has 2 rings (SSSR count). The molecule has 134 valence electrons. The number of ether oxygens (including phenoxy) is 2. The Labute approximate surface area is 161 Å². The molecule has 0 saturated carbocycles. The van der Waals surface area contributed by atoms with Crippen molar-refractivity contribution >= 4 is 28.1 Å². The third-order valence-corrected chi connectivity index (χ3v) is 3.74. The molecule has 0 saturated heterocycles. The third kappa shape index (κ3) is 5.94. The van der Waals surface area contributed by atoms with Gasteiger partial charge in [0.15, 0.2) is 0 Å². The van der Waals surface area contributed by atoms with E-state index < -0.39 is 0 Å². The zero-order valence-corrected chi connectivity index (χ0v) is 16.0. The van der Waals surface area contributed by atoms with E-state index in [9.17, 15) is 4.79 Å². The second kappa shape index (κ2) is 10.3. The molecule has 0 radical (unpaired) electrons. The van der Waals surface area contributed by atoms with E-state index in [1.807, 2.05) is 19.1 Å². The monoisotopic (exact) mass is 414 g/mol. The molecule has 0 heterocycles. The highest BCUT2D eigenvalue weighted by molar-refractivity contribution is 9.10. The Bertz CT molecular complexity index is 811. The van der Waals surface area contributed by atoms with Crippen molar-refractivity contribution in [2.75, 3.05) is 13.2 Å². The maximum absolute atomic E-state index is 12.2. The molecule has 26 heavy (non-hydrogen) atoms. The summed E-state index contributed by atoms with van der Waals surface area (Å²) in [5.41, 5.74) is 3.67. The molecule has 0 aliphatic heterocycles. The topological polar surface area (TPSA) is 59.9 Å². The number of rotatable bonds is 8. The second-order valence-corrected chi connectivity index (χ2v) is 6.16. The lowest BCUT2D eigenvalue weighted by molar-refractivity contribution is 0.0955. The fourth-order valence-electron chi connectivity index (χ4n) is 2.02. The van der Waals surface area contributed by atoms with Crippen LogP contribution in [0.25, 0.3) is 0 Å². The van der Waals surface area contributed by atoms with Gasteiger partial charge in [0.1, 0.15) is 18.1 Å². The van der Waals surface area contributed by atoms with Gasteiger partial charge in [0.05, 0.1) is 12.8 Å². The lowest BCUT2D eigenvalue weighted by Gasteiger charge is -2.07. The van der Waals surface area contributed by atoms with Gasteiger partial charge in [-0.1, -0.05) is 28.8 Å². The van der Waals surface area contributed by atoms with Gasteiger partial charge in [0, 0.05) is 15.6 Å². The highest BCUT2D eigenvalue weighted by Crippen LogP contribution is 2.21. The van der Waals surface area contributed by atoms with E-state index in [2.05, 4.69) is 32.4 Å². The van der Waals surface area contributed by atoms with E-state index in [-0.39, 0.29) is 12.5 Å². The van der Waals surface area contributed by atoms with Gasteiger partial charge < -0.3 is 9.47 Å². The molecule has 0 aliphatic carbocycles. The molecule has 2 aromatic carbocycles. The molecule has 6 heteroatoms. The van der Waals surface area contributed by atoms with Crippen molar-refractivity contribution in [2.24, 2.45) is 5.10 Å². The number of nitrogens with one attached hydrogen (secondary N) is 1. The van der Waals surface area contributed by atoms with E-state index >= 15 is 0 Å². The maximum atomic E-state index is 12.2. The first-order valence-corrected chi connectivity index (χ1v) is 8.85. The van der Waals surface area contributed by atoms with Crippen molar-refractivity contribution in [2.45, 2.75) is 13.3 Å². The summed E-state index contributed by atoms with van der Waals surface area (Å²) in [7, 11) is 0. The van der Waals surface area contributed by atoms with Crippen molar-refractivity contribution in [3.8, 4) is 23.8 Å². The van der Waals surface area contributed by atoms with Gasteiger partial charge in [-0.25, -0.2) is 5.43 Å². The summed E-state index contributed by atoms with van der Waals surface area (Å²) >= 11 is 3.39. The smallest absolute Gasteiger partial charge is 0.271 e. The summed E-state index contributed by atoms with van der Waals surface area (Å²) in [6.45, 7) is 2.84. The minimum Gasteiger partial charge on any atom is -0.494 e. The fourth-order valence-corrected chi connectivity index (χ4v) is 2.40. The van der Waals surface area contributed by atoms with Crippen LogP contribution in [0.3, 0.4) is 0 Å². The molecule has 0 spiro atoms. The molecule has 1 N–H and O–H groups in total. The van der Waals surface area contributed by atoms with Crippen molar-refractivity contribution in [1.29, 1.82) is 0 Å². The summed E-state index contributed by atoms with van der Waals surface area (Å²) in [5, 5.41) is 3.99. The highest BCUT2D eigenvalue weighted by atomic mass is 79.9. The molecular formula is C20H19BrN2O3. The summed E-state index contributed by atoms with van der Waals surface area (Å²) in [6, 6.07) is 12.3. The number of benzene rings is 2. The maximum Gasteiger partial charge on any atom is 0.271 e. The number of amides is 1. The molecule has 1 amide bonds. The lowest BCUT2D eigenvalue weighted by atomic mass is 10.2. The van der Waals surface area contributed by atoms with Crippen molar-refractivity contribution in [3.63, 3.8) is 0 Å². The number of carbonyl (C=O) groups excluding carboxylic acids is 1. The van der Waals surface area contributed by atoms with Gasteiger partial charge in [0.2, 0.25) is 0 Å². The van der Waals surface area contributed by atoms with E-state index in [4.69, 9.17) is 15.9 Å². The van der Waals surface area contributed by atoms with E-state index in [0.29, 0.717) is 23.5 Å². The Kier molecular flexibility index (Phi) is 7.72. The summed E-state index contributed by atoms with van der Waals surface area (Å²) in [5.74, 6) is 3.41. The van der Waals surface area contributed by atoms with Gasteiger partial charge >= 0.3 is 0 Å². The SMILES string of the molecule is C#CCOc1ccc(Br)cc1/C=N\NC(=O)c1ccc(OCCC)cc1. The van der Waals surface area contributed by atoms with Gasteiger partial charge in [-0.3, -0.25) is 4.79 Å². The normalized spacial score (nSPS) is 10.3. The molecule has 0 bridgehead atoms. The van der Waals surface area contributed by atoms with Crippen LogP contribution in [0.4, 0.5) is 0 Å². The average Bonchev–Trinajstić information content (AvgIpc) is 2.66. The van der Waals surface area contributed by atoms with Crippen LogP contribution in [0.15, 0.2) is 52.0 Å². The first-order chi connectivity index (χ1) is 12.6. The number of hydrazone groups is 1. The zero-order chi connectivity index (χ0) is 18.8. The Balaban J connectivity index is 2.00. The van der Waals surface area contributed by atoms with Gasteiger partial charge in [0.25, 0.3) is 5.91 Å². The largest absolute Gasteiger partial charge is 0.494 e. The van der Waals surface area contributed by atoms with Crippen LogP contribution >= 0.6 is 15.9 Å². The number of terminal acetylenes is 1. The predicted octanol–water partition coefficient (Wildman–Crippen LogP) is 4.01. The number of hydrogen-bond donors (Lipinski definition) is 1. The highest BCUT2D eigenvalue weighted by Gasteiger charge is 2.06. The molecule has 0 fully saturated rings. The van der Waals surface area contributed by atoms with E-state index in [0.717, 1.165) is 16.6 Å². The molecule has 0 aromatic heterocycles. The minimum atomic E-state index is -0.315. The second-order valence-electron chi connectivity index (χ2n) is 5.25. The Hall–Kier alpha value is -2.78. The zero-order valence-electron chi connectivity index (χ0n) is 14.4.